The summed E-state index contributed by atoms with van der Waals surface area (Å²) in [5.41, 5.74) is 1.13. The van der Waals surface area contributed by atoms with Gasteiger partial charge in [0.2, 0.25) is 5.91 Å². The minimum atomic E-state index is 0.0391. The van der Waals surface area contributed by atoms with Crippen LogP contribution in [0.5, 0.6) is 0 Å². The first-order valence-corrected chi connectivity index (χ1v) is 6.83. The van der Waals surface area contributed by atoms with Gasteiger partial charge >= 0.3 is 0 Å². The van der Waals surface area contributed by atoms with Crippen LogP contribution in [0.15, 0.2) is 18.3 Å². The van der Waals surface area contributed by atoms with Crippen molar-refractivity contribution in [3.63, 3.8) is 0 Å². The Morgan fingerprint density at radius 1 is 1.53 bits per heavy atom. The largest absolute Gasteiger partial charge is 0.385 e. The molecule has 1 aromatic rings. The molecule has 1 unspecified atom stereocenters. The topological polar surface area (TPSA) is 55.3 Å². The van der Waals surface area contributed by atoms with Crippen LogP contribution in [0.25, 0.3) is 0 Å². The number of rotatable bonds is 9. The SMILES string of the molecule is CCNC(C)c1cccn1CC(=O)NCCCOC. The van der Waals surface area contributed by atoms with Crippen molar-refractivity contribution in [1.29, 1.82) is 0 Å². The first-order chi connectivity index (χ1) is 9.19. The maximum Gasteiger partial charge on any atom is 0.239 e. The molecule has 0 aliphatic rings. The molecular formula is C14H25N3O2. The highest BCUT2D eigenvalue weighted by Gasteiger charge is 2.11. The molecule has 0 aliphatic heterocycles. The average Bonchev–Trinajstić information content (AvgIpc) is 2.83. The van der Waals surface area contributed by atoms with Crippen LogP contribution in [-0.2, 0) is 16.1 Å². The number of aromatic nitrogens is 1. The molecule has 0 saturated carbocycles. The van der Waals surface area contributed by atoms with Crippen molar-refractivity contribution in [3.05, 3.63) is 24.0 Å². The van der Waals surface area contributed by atoms with Gasteiger partial charge in [0.15, 0.2) is 0 Å². The van der Waals surface area contributed by atoms with Gasteiger partial charge in [-0.3, -0.25) is 4.79 Å². The quantitative estimate of drug-likeness (QED) is 0.663. The normalized spacial score (nSPS) is 12.4. The summed E-state index contributed by atoms with van der Waals surface area (Å²) in [5.74, 6) is 0.0391. The van der Waals surface area contributed by atoms with Gasteiger partial charge in [-0.15, -0.1) is 0 Å². The van der Waals surface area contributed by atoms with E-state index >= 15 is 0 Å². The zero-order valence-corrected chi connectivity index (χ0v) is 12.1. The summed E-state index contributed by atoms with van der Waals surface area (Å²) >= 11 is 0. The number of ether oxygens (including phenoxy) is 1. The van der Waals surface area contributed by atoms with Gasteiger partial charge in [-0.25, -0.2) is 0 Å². The maximum atomic E-state index is 11.8. The molecule has 5 heteroatoms. The van der Waals surface area contributed by atoms with Crippen molar-refractivity contribution in [3.8, 4) is 0 Å². The zero-order valence-electron chi connectivity index (χ0n) is 12.1. The van der Waals surface area contributed by atoms with Gasteiger partial charge in [-0.05, 0) is 32.0 Å². The average molecular weight is 267 g/mol. The van der Waals surface area contributed by atoms with Crippen molar-refractivity contribution in [2.75, 3.05) is 26.8 Å². The monoisotopic (exact) mass is 267 g/mol. The molecule has 2 N–H and O–H groups in total. The fraction of sp³-hybridized carbons (Fsp3) is 0.643. The third-order valence-corrected chi connectivity index (χ3v) is 2.98. The number of methoxy groups -OCH3 is 1. The lowest BCUT2D eigenvalue weighted by molar-refractivity contribution is -0.121. The second-order valence-corrected chi connectivity index (χ2v) is 4.54. The Bertz CT molecular complexity index is 377. The van der Waals surface area contributed by atoms with E-state index in [1.54, 1.807) is 7.11 Å². The fourth-order valence-electron chi connectivity index (χ4n) is 2.03. The fourth-order valence-corrected chi connectivity index (χ4v) is 2.03. The standard InChI is InChI=1S/C14H25N3O2/c1-4-15-12(2)13-7-5-9-17(13)11-14(18)16-8-6-10-19-3/h5,7,9,12,15H,4,6,8,10-11H2,1-3H3,(H,16,18). The molecule has 108 valence electrons. The highest BCUT2D eigenvalue weighted by atomic mass is 16.5. The predicted octanol–water partition coefficient (Wildman–Crippen LogP) is 1.31. The summed E-state index contributed by atoms with van der Waals surface area (Å²) in [5, 5.41) is 6.25. The van der Waals surface area contributed by atoms with E-state index in [1.165, 1.54) is 0 Å². The van der Waals surface area contributed by atoms with E-state index in [0.29, 0.717) is 19.7 Å². The molecule has 5 nitrogen and oxygen atoms in total. The van der Waals surface area contributed by atoms with Gasteiger partial charge < -0.3 is 19.9 Å². The molecular weight excluding hydrogens is 242 g/mol. The van der Waals surface area contributed by atoms with Gasteiger partial charge in [0.1, 0.15) is 6.54 Å². The zero-order chi connectivity index (χ0) is 14.1. The number of hydrogen-bond donors (Lipinski definition) is 2. The second-order valence-electron chi connectivity index (χ2n) is 4.54. The molecule has 1 heterocycles. The van der Waals surface area contributed by atoms with Crippen LogP contribution in [0.4, 0.5) is 0 Å². The molecule has 0 aliphatic carbocycles. The smallest absolute Gasteiger partial charge is 0.239 e. The molecule has 0 fully saturated rings. The van der Waals surface area contributed by atoms with E-state index < -0.39 is 0 Å². The molecule has 1 aromatic heterocycles. The van der Waals surface area contributed by atoms with Gasteiger partial charge in [0.05, 0.1) is 0 Å². The van der Waals surface area contributed by atoms with Gasteiger partial charge in [0.25, 0.3) is 0 Å². The lowest BCUT2D eigenvalue weighted by atomic mass is 10.2. The van der Waals surface area contributed by atoms with E-state index in [-0.39, 0.29) is 11.9 Å². The summed E-state index contributed by atoms with van der Waals surface area (Å²) in [7, 11) is 1.66. The lowest BCUT2D eigenvalue weighted by Crippen LogP contribution is -2.30. The summed E-state index contributed by atoms with van der Waals surface area (Å²) in [6.07, 6.45) is 2.78. The summed E-state index contributed by atoms with van der Waals surface area (Å²) in [6.45, 7) is 6.79. The highest BCUT2D eigenvalue weighted by Crippen LogP contribution is 2.12. The van der Waals surface area contributed by atoms with Crippen LogP contribution >= 0.6 is 0 Å². The Morgan fingerprint density at radius 3 is 3.00 bits per heavy atom. The molecule has 19 heavy (non-hydrogen) atoms. The Balaban J connectivity index is 2.43. The number of carbonyl (C=O) groups is 1. The molecule has 1 atom stereocenters. The molecule has 0 saturated heterocycles. The molecule has 0 bridgehead atoms. The number of amides is 1. The molecule has 0 spiro atoms. The summed E-state index contributed by atoms with van der Waals surface area (Å²) in [6, 6.07) is 4.27. The Labute approximate surface area is 115 Å². The minimum absolute atomic E-state index is 0.0391. The van der Waals surface area contributed by atoms with Crippen molar-refractivity contribution in [2.45, 2.75) is 32.9 Å². The Hall–Kier alpha value is -1.33. The van der Waals surface area contributed by atoms with E-state index in [1.807, 2.05) is 22.9 Å². The van der Waals surface area contributed by atoms with Crippen molar-refractivity contribution in [2.24, 2.45) is 0 Å². The first kappa shape index (κ1) is 15.7. The Kier molecular flexibility index (Phi) is 7.22. The number of nitrogens with one attached hydrogen (secondary N) is 2. The molecule has 0 aromatic carbocycles. The van der Waals surface area contributed by atoms with Crippen LogP contribution in [0.1, 0.15) is 32.0 Å². The van der Waals surface area contributed by atoms with Gasteiger partial charge in [-0.1, -0.05) is 6.92 Å². The van der Waals surface area contributed by atoms with Crippen LogP contribution in [0.3, 0.4) is 0 Å². The Morgan fingerprint density at radius 2 is 2.32 bits per heavy atom. The summed E-state index contributed by atoms with van der Waals surface area (Å²) < 4.78 is 6.93. The third kappa shape index (κ3) is 5.44. The minimum Gasteiger partial charge on any atom is -0.385 e. The van der Waals surface area contributed by atoms with Gasteiger partial charge in [0, 0.05) is 38.2 Å². The molecule has 0 radical (unpaired) electrons. The van der Waals surface area contributed by atoms with E-state index in [0.717, 1.165) is 18.7 Å². The van der Waals surface area contributed by atoms with Crippen LogP contribution in [-0.4, -0.2) is 37.3 Å². The number of nitrogens with zero attached hydrogens (tertiary/aromatic N) is 1. The van der Waals surface area contributed by atoms with Crippen molar-refractivity contribution in [1.82, 2.24) is 15.2 Å². The van der Waals surface area contributed by atoms with Crippen molar-refractivity contribution >= 4 is 5.91 Å². The molecule has 1 rings (SSSR count). The van der Waals surface area contributed by atoms with Crippen LogP contribution < -0.4 is 10.6 Å². The third-order valence-electron chi connectivity index (χ3n) is 2.98. The number of carbonyl (C=O) groups excluding carboxylic acids is 1. The van der Waals surface area contributed by atoms with Crippen LogP contribution in [0.2, 0.25) is 0 Å². The predicted molar refractivity (Wildman–Crippen MR) is 76.0 cm³/mol. The van der Waals surface area contributed by atoms with E-state index in [4.69, 9.17) is 4.74 Å². The lowest BCUT2D eigenvalue weighted by Gasteiger charge is -2.16. The van der Waals surface area contributed by atoms with E-state index in [2.05, 4.69) is 24.5 Å². The first-order valence-electron chi connectivity index (χ1n) is 6.83. The summed E-state index contributed by atoms with van der Waals surface area (Å²) in [4.78, 5) is 11.8. The van der Waals surface area contributed by atoms with Crippen LogP contribution in [0, 0.1) is 0 Å². The molecule has 1 amide bonds. The number of hydrogen-bond acceptors (Lipinski definition) is 3. The van der Waals surface area contributed by atoms with Crippen molar-refractivity contribution < 1.29 is 9.53 Å². The van der Waals surface area contributed by atoms with E-state index in [9.17, 15) is 4.79 Å². The maximum absolute atomic E-state index is 11.8. The highest BCUT2D eigenvalue weighted by molar-refractivity contribution is 5.75. The van der Waals surface area contributed by atoms with Gasteiger partial charge in [-0.2, -0.15) is 0 Å². The second kappa shape index (κ2) is 8.72.